The third-order valence-electron chi connectivity index (χ3n) is 1.29. The summed E-state index contributed by atoms with van der Waals surface area (Å²) in [6.45, 7) is 0. The number of benzene rings is 1. The molecule has 1 nitrogen and oxygen atoms in total. The SMILES string of the molecule is N#CC(Cl)=Cc1ccccc1Br. The lowest BCUT2D eigenvalue weighted by atomic mass is 10.2. The Morgan fingerprint density at radius 2 is 2.17 bits per heavy atom. The van der Waals surface area contributed by atoms with Crippen LogP contribution in [-0.4, -0.2) is 0 Å². The molecule has 0 aliphatic heterocycles. The number of nitrogens with zero attached hydrogens (tertiary/aromatic N) is 1. The first-order valence-electron chi connectivity index (χ1n) is 3.26. The molecule has 0 saturated carbocycles. The van der Waals surface area contributed by atoms with E-state index in [-0.39, 0.29) is 5.03 Å². The molecule has 0 fully saturated rings. The molecule has 0 aliphatic rings. The number of hydrogen-bond acceptors (Lipinski definition) is 1. The summed E-state index contributed by atoms with van der Waals surface area (Å²) in [6.07, 6.45) is 1.62. The standard InChI is InChI=1S/C9H5BrClN/c10-9-4-2-1-3-7(9)5-8(11)6-12/h1-5H. The molecule has 0 atom stereocenters. The second-order valence-electron chi connectivity index (χ2n) is 2.13. The number of rotatable bonds is 1. The third-order valence-corrected chi connectivity index (χ3v) is 2.21. The van der Waals surface area contributed by atoms with Gasteiger partial charge in [-0.25, -0.2) is 0 Å². The fraction of sp³-hybridized carbons (Fsp3) is 0. The average Bonchev–Trinajstić information content (AvgIpc) is 2.09. The van der Waals surface area contributed by atoms with Crippen molar-refractivity contribution < 1.29 is 0 Å². The number of hydrogen-bond donors (Lipinski definition) is 0. The molecule has 0 N–H and O–H groups in total. The van der Waals surface area contributed by atoms with Gasteiger partial charge in [-0.2, -0.15) is 5.26 Å². The van der Waals surface area contributed by atoms with Gasteiger partial charge in [-0.05, 0) is 17.7 Å². The molecule has 0 aliphatic carbocycles. The quantitative estimate of drug-likeness (QED) is 0.691. The van der Waals surface area contributed by atoms with Gasteiger partial charge in [0.1, 0.15) is 11.1 Å². The minimum absolute atomic E-state index is 0.182. The van der Waals surface area contributed by atoms with E-state index in [0.717, 1.165) is 10.0 Å². The molecule has 0 radical (unpaired) electrons. The van der Waals surface area contributed by atoms with Crippen LogP contribution in [0.1, 0.15) is 5.56 Å². The van der Waals surface area contributed by atoms with Crippen LogP contribution in [-0.2, 0) is 0 Å². The summed E-state index contributed by atoms with van der Waals surface area (Å²) in [5, 5.41) is 8.60. The summed E-state index contributed by atoms with van der Waals surface area (Å²) in [5.74, 6) is 0. The molecule has 1 rings (SSSR count). The Bertz CT molecular complexity index is 352. The predicted octanol–water partition coefficient (Wildman–Crippen LogP) is 3.55. The molecular formula is C9H5BrClN. The molecule has 60 valence electrons. The fourth-order valence-electron chi connectivity index (χ4n) is 0.761. The van der Waals surface area contributed by atoms with E-state index in [1.54, 1.807) is 6.08 Å². The van der Waals surface area contributed by atoms with Crippen LogP contribution < -0.4 is 0 Å². The van der Waals surface area contributed by atoms with Crippen LogP contribution in [0.25, 0.3) is 6.08 Å². The fourth-order valence-corrected chi connectivity index (χ4v) is 1.28. The topological polar surface area (TPSA) is 23.8 Å². The van der Waals surface area contributed by atoms with Gasteiger partial charge < -0.3 is 0 Å². The maximum absolute atomic E-state index is 8.42. The van der Waals surface area contributed by atoms with Crippen LogP contribution in [0.5, 0.6) is 0 Å². The summed E-state index contributed by atoms with van der Waals surface area (Å²) in [7, 11) is 0. The largest absolute Gasteiger partial charge is 0.191 e. The highest BCUT2D eigenvalue weighted by atomic mass is 79.9. The molecule has 1 aromatic carbocycles. The van der Waals surface area contributed by atoms with Crippen molar-refractivity contribution in [3.63, 3.8) is 0 Å². The summed E-state index contributed by atoms with van der Waals surface area (Å²) in [4.78, 5) is 0. The van der Waals surface area contributed by atoms with E-state index in [1.165, 1.54) is 0 Å². The zero-order chi connectivity index (χ0) is 8.97. The molecule has 0 spiro atoms. The normalized spacial score (nSPS) is 10.9. The van der Waals surface area contributed by atoms with Gasteiger partial charge in [0.2, 0.25) is 0 Å². The second kappa shape index (κ2) is 4.30. The van der Waals surface area contributed by atoms with E-state index >= 15 is 0 Å². The molecule has 1 aromatic rings. The third kappa shape index (κ3) is 2.37. The van der Waals surface area contributed by atoms with E-state index in [1.807, 2.05) is 30.3 Å². The molecule has 0 amide bonds. The van der Waals surface area contributed by atoms with Crippen molar-refractivity contribution in [2.75, 3.05) is 0 Å². The van der Waals surface area contributed by atoms with Crippen LogP contribution in [0, 0.1) is 11.3 Å². The predicted molar refractivity (Wildman–Crippen MR) is 53.6 cm³/mol. The van der Waals surface area contributed by atoms with E-state index < -0.39 is 0 Å². The zero-order valence-corrected chi connectivity index (χ0v) is 8.43. The van der Waals surface area contributed by atoms with E-state index in [2.05, 4.69) is 15.9 Å². The van der Waals surface area contributed by atoms with Crippen molar-refractivity contribution in [2.45, 2.75) is 0 Å². The highest BCUT2D eigenvalue weighted by Gasteiger charge is 1.95. The van der Waals surface area contributed by atoms with Crippen LogP contribution in [0.2, 0.25) is 0 Å². The van der Waals surface area contributed by atoms with E-state index in [9.17, 15) is 0 Å². The highest BCUT2D eigenvalue weighted by molar-refractivity contribution is 9.10. The number of nitriles is 1. The lowest BCUT2D eigenvalue weighted by Gasteiger charge is -1.95. The van der Waals surface area contributed by atoms with Crippen LogP contribution in [0.4, 0.5) is 0 Å². The maximum atomic E-state index is 8.42. The molecule has 0 bridgehead atoms. The van der Waals surface area contributed by atoms with Gasteiger partial charge >= 0.3 is 0 Å². The Balaban J connectivity index is 3.06. The second-order valence-corrected chi connectivity index (χ2v) is 3.39. The van der Waals surface area contributed by atoms with Gasteiger partial charge in [0, 0.05) is 4.47 Å². The van der Waals surface area contributed by atoms with Crippen LogP contribution in [0.15, 0.2) is 33.8 Å². The molecule has 12 heavy (non-hydrogen) atoms. The van der Waals surface area contributed by atoms with Crippen molar-refractivity contribution in [2.24, 2.45) is 0 Å². The molecule has 0 aromatic heterocycles. The van der Waals surface area contributed by atoms with E-state index in [4.69, 9.17) is 16.9 Å². The Morgan fingerprint density at radius 3 is 2.75 bits per heavy atom. The monoisotopic (exact) mass is 241 g/mol. The van der Waals surface area contributed by atoms with Crippen molar-refractivity contribution in [1.82, 2.24) is 0 Å². The summed E-state index contributed by atoms with van der Waals surface area (Å²) in [6, 6.07) is 9.41. The van der Waals surface area contributed by atoms with Crippen molar-refractivity contribution in [1.29, 1.82) is 5.26 Å². The minimum atomic E-state index is 0.182. The molecular weight excluding hydrogens is 237 g/mol. The maximum Gasteiger partial charge on any atom is 0.118 e. The van der Waals surface area contributed by atoms with Crippen molar-refractivity contribution >= 4 is 33.6 Å². The average molecular weight is 243 g/mol. The molecule has 0 saturated heterocycles. The lowest BCUT2D eigenvalue weighted by molar-refractivity contribution is 1.52. The van der Waals surface area contributed by atoms with Gasteiger partial charge in [0.05, 0.1) is 0 Å². The first-order valence-corrected chi connectivity index (χ1v) is 4.43. The van der Waals surface area contributed by atoms with Gasteiger partial charge in [-0.1, -0.05) is 45.7 Å². The van der Waals surface area contributed by atoms with E-state index in [0.29, 0.717) is 0 Å². The lowest BCUT2D eigenvalue weighted by Crippen LogP contribution is -1.74. The summed E-state index contributed by atoms with van der Waals surface area (Å²) in [5.41, 5.74) is 0.907. The van der Waals surface area contributed by atoms with Crippen LogP contribution >= 0.6 is 27.5 Å². The first kappa shape index (κ1) is 9.31. The van der Waals surface area contributed by atoms with Gasteiger partial charge in [-0.15, -0.1) is 0 Å². The minimum Gasteiger partial charge on any atom is -0.191 e. The molecule has 0 unspecified atom stereocenters. The van der Waals surface area contributed by atoms with Crippen molar-refractivity contribution in [3.05, 3.63) is 39.3 Å². The Labute approximate surface area is 84.4 Å². The molecule has 0 heterocycles. The van der Waals surface area contributed by atoms with Crippen molar-refractivity contribution in [3.8, 4) is 6.07 Å². The summed E-state index contributed by atoms with van der Waals surface area (Å²) >= 11 is 8.89. The summed E-state index contributed by atoms with van der Waals surface area (Å²) < 4.78 is 0.929. The van der Waals surface area contributed by atoms with Gasteiger partial charge in [0.25, 0.3) is 0 Å². The molecule has 3 heteroatoms. The smallest absolute Gasteiger partial charge is 0.118 e. The number of allylic oxidation sites excluding steroid dienone is 1. The first-order chi connectivity index (χ1) is 5.74. The Hall–Kier alpha value is -0.780. The highest BCUT2D eigenvalue weighted by Crippen LogP contribution is 2.19. The Morgan fingerprint density at radius 1 is 1.50 bits per heavy atom. The zero-order valence-electron chi connectivity index (χ0n) is 6.09. The number of halogens is 2. The van der Waals surface area contributed by atoms with Crippen LogP contribution in [0.3, 0.4) is 0 Å². The van der Waals surface area contributed by atoms with Gasteiger partial charge in [-0.3, -0.25) is 0 Å². The van der Waals surface area contributed by atoms with Gasteiger partial charge in [0.15, 0.2) is 0 Å². The Kier molecular flexibility index (Phi) is 3.33.